The van der Waals surface area contributed by atoms with Crippen LogP contribution in [0.3, 0.4) is 0 Å². The van der Waals surface area contributed by atoms with Crippen LogP contribution in [0.2, 0.25) is 5.02 Å². The highest BCUT2D eigenvalue weighted by Crippen LogP contribution is 2.28. The summed E-state index contributed by atoms with van der Waals surface area (Å²) in [5.74, 6) is 0.644. The fraction of sp³-hybridized carbons (Fsp3) is 0.0500. The van der Waals surface area contributed by atoms with Crippen molar-refractivity contribution in [3.05, 3.63) is 103 Å². The lowest BCUT2D eigenvalue weighted by atomic mass is 10.2. The van der Waals surface area contributed by atoms with E-state index in [-0.39, 0.29) is 11.4 Å². The lowest BCUT2D eigenvalue weighted by molar-refractivity contribution is -0.393. The molecule has 9 nitrogen and oxygen atoms in total. The number of halogens is 1. The topological polar surface area (TPSA) is 120 Å². The van der Waals surface area contributed by atoms with Crippen LogP contribution in [0.4, 0.5) is 17.1 Å². The zero-order valence-corrected chi connectivity index (χ0v) is 16.2. The van der Waals surface area contributed by atoms with Crippen LogP contribution in [-0.4, -0.2) is 16.1 Å². The van der Waals surface area contributed by atoms with E-state index in [0.29, 0.717) is 17.4 Å². The molecule has 0 amide bonds. The van der Waals surface area contributed by atoms with Crippen LogP contribution in [0.1, 0.15) is 11.1 Å². The average Bonchev–Trinajstić information content (AvgIpc) is 2.74. The number of hydrogen-bond acceptors (Lipinski definition) is 7. The van der Waals surface area contributed by atoms with E-state index in [4.69, 9.17) is 16.3 Å². The van der Waals surface area contributed by atoms with E-state index >= 15 is 0 Å². The van der Waals surface area contributed by atoms with Gasteiger partial charge in [-0.2, -0.15) is 5.10 Å². The second-order valence-corrected chi connectivity index (χ2v) is 6.44. The highest BCUT2D eigenvalue weighted by atomic mass is 35.5. The van der Waals surface area contributed by atoms with Crippen molar-refractivity contribution in [1.29, 1.82) is 0 Å². The minimum Gasteiger partial charge on any atom is -0.489 e. The number of nitro benzene ring substituents is 2. The van der Waals surface area contributed by atoms with Crippen molar-refractivity contribution in [3.63, 3.8) is 0 Å². The molecule has 0 radical (unpaired) electrons. The Morgan fingerprint density at radius 2 is 1.73 bits per heavy atom. The quantitative estimate of drug-likeness (QED) is 0.301. The monoisotopic (exact) mass is 426 g/mol. The lowest BCUT2D eigenvalue weighted by Gasteiger charge is -2.07. The number of hydrogen-bond donors (Lipinski definition) is 1. The number of ether oxygens (including phenoxy) is 1. The first kappa shape index (κ1) is 20.7. The maximum atomic E-state index is 11.1. The molecular weight excluding hydrogens is 412 g/mol. The van der Waals surface area contributed by atoms with Crippen LogP contribution in [-0.2, 0) is 6.61 Å². The molecule has 30 heavy (non-hydrogen) atoms. The molecule has 0 atom stereocenters. The van der Waals surface area contributed by atoms with Gasteiger partial charge in [0.15, 0.2) is 0 Å². The van der Waals surface area contributed by atoms with Gasteiger partial charge in [0.05, 0.1) is 22.1 Å². The summed E-state index contributed by atoms with van der Waals surface area (Å²) < 4.78 is 5.70. The molecule has 3 aromatic rings. The number of anilines is 1. The Balaban J connectivity index is 1.62. The van der Waals surface area contributed by atoms with Crippen LogP contribution in [0.5, 0.6) is 5.75 Å². The van der Waals surface area contributed by atoms with Crippen LogP contribution in [0.15, 0.2) is 71.8 Å². The Morgan fingerprint density at radius 1 is 1.00 bits per heavy atom. The smallest absolute Gasteiger partial charge is 0.301 e. The molecule has 10 heteroatoms. The standard InChI is InChI=1S/C20H15ClN4O5/c21-18-4-2-1-3-15(18)13-30-17-8-5-14(6-9-17)12-22-23-19-10-7-16(24(26)27)11-20(19)25(28)29/h1-12,23H,13H2/b22-12+. The molecule has 3 rings (SSSR count). The predicted molar refractivity (Wildman–Crippen MR) is 113 cm³/mol. The summed E-state index contributed by atoms with van der Waals surface area (Å²) in [6.07, 6.45) is 1.46. The first-order chi connectivity index (χ1) is 14.4. The molecule has 1 N–H and O–H groups in total. The van der Waals surface area contributed by atoms with Gasteiger partial charge in [0, 0.05) is 16.7 Å². The number of hydrazone groups is 1. The van der Waals surface area contributed by atoms with E-state index in [0.717, 1.165) is 23.3 Å². The zero-order chi connectivity index (χ0) is 21.5. The van der Waals surface area contributed by atoms with E-state index < -0.39 is 15.5 Å². The van der Waals surface area contributed by atoms with E-state index in [1.165, 1.54) is 12.3 Å². The van der Waals surface area contributed by atoms with Crippen molar-refractivity contribution in [2.45, 2.75) is 6.61 Å². The van der Waals surface area contributed by atoms with Gasteiger partial charge in [-0.3, -0.25) is 25.7 Å². The van der Waals surface area contributed by atoms with Crippen molar-refractivity contribution in [2.75, 3.05) is 5.43 Å². The molecule has 0 spiro atoms. The first-order valence-corrected chi connectivity index (χ1v) is 9.00. The molecule has 0 fully saturated rings. The van der Waals surface area contributed by atoms with Gasteiger partial charge in [-0.15, -0.1) is 0 Å². The maximum Gasteiger partial charge on any atom is 0.301 e. The van der Waals surface area contributed by atoms with E-state index in [9.17, 15) is 20.2 Å². The number of nitro groups is 2. The minimum atomic E-state index is -0.712. The molecule has 0 bridgehead atoms. The third-order valence-corrected chi connectivity index (χ3v) is 4.39. The molecule has 0 aliphatic rings. The highest BCUT2D eigenvalue weighted by molar-refractivity contribution is 6.31. The summed E-state index contributed by atoms with van der Waals surface area (Å²) in [6, 6.07) is 17.7. The zero-order valence-electron chi connectivity index (χ0n) is 15.4. The van der Waals surface area contributed by atoms with Gasteiger partial charge >= 0.3 is 5.69 Å². The predicted octanol–water partition coefficient (Wildman–Crippen LogP) is 5.18. The average molecular weight is 427 g/mol. The summed E-state index contributed by atoms with van der Waals surface area (Å²) in [4.78, 5) is 20.5. The van der Waals surface area contributed by atoms with E-state index in [1.54, 1.807) is 30.3 Å². The van der Waals surface area contributed by atoms with Crippen molar-refractivity contribution >= 4 is 34.9 Å². The molecular formula is C20H15ClN4O5. The Labute approximate surface area is 175 Å². The van der Waals surface area contributed by atoms with Crippen LogP contribution in [0, 0.1) is 20.2 Å². The number of nitrogens with zero attached hydrogens (tertiary/aromatic N) is 3. The van der Waals surface area contributed by atoms with Gasteiger partial charge in [-0.1, -0.05) is 29.8 Å². The molecule has 0 saturated carbocycles. The second-order valence-electron chi connectivity index (χ2n) is 6.03. The lowest BCUT2D eigenvalue weighted by Crippen LogP contribution is -1.99. The number of rotatable bonds is 8. The van der Waals surface area contributed by atoms with Gasteiger partial charge in [0.2, 0.25) is 0 Å². The molecule has 0 aromatic heterocycles. The number of benzene rings is 3. The van der Waals surface area contributed by atoms with Gasteiger partial charge in [-0.25, -0.2) is 0 Å². The van der Waals surface area contributed by atoms with Gasteiger partial charge in [-0.05, 0) is 42.0 Å². The second kappa shape index (κ2) is 9.48. The van der Waals surface area contributed by atoms with Crippen molar-refractivity contribution in [2.24, 2.45) is 5.10 Å². The molecule has 0 saturated heterocycles. The third-order valence-electron chi connectivity index (χ3n) is 4.02. The van der Waals surface area contributed by atoms with Crippen molar-refractivity contribution in [1.82, 2.24) is 0 Å². The maximum absolute atomic E-state index is 11.1. The fourth-order valence-corrected chi connectivity index (χ4v) is 2.67. The van der Waals surface area contributed by atoms with Crippen molar-refractivity contribution < 1.29 is 14.6 Å². The Bertz CT molecular complexity index is 1100. The van der Waals surface area contributed by atoms with Crippen LogP contribution < -0.4 is 10.2 Å². The minimum absolute atomic E-state index is 0.0431. The molecule has 152 valence electrons. The van der Waals surface area contributed by atoms with Crippen LogP contribution >= 0.6 is 11.6 Å². The van der Waals surface area contributed by atoms with Crippen molar-refractivity contribution in [3.8, 4) is 5.75 Å². The summed E-state index contributed by atoms with van der Waals surface area (Å²) in [6.45, 7) is 0.332. The van der Waals surface area contributed by atoms with Crippen LogP contribution in [0.25, 0.3) is 0 Å². The number of nitrogens with one attached hydrogen (secondary N) is 1. The van der Waals surface area contributed by atoms with Gasteiger partial charge in [0.25, 0.3) is 5.69 Å². The van der Waals surface area contributed by atoms with E-state index in [1.807, 2.05) is 18.2 Å². The summed E-state index contributed by atoms with van der Waals surface area (Å²) in [5, 5.41) is 26.5. The molecule has 0 heterocycles. The SMILES string of the molecule is O=[N+]([O-])c1ccc(N/N=C/c2ccc(OCc3ccccc3Cl)cc2)c([N+](=O)[O-])c1. The Kier molecular flexibility index (Phi) is 6.56. The van der Waals surface area contributed by atoms with E-state index in [2.05, 4.69) is 10.5 Å². The molecule has 3 aromatic carbocycles. The molecule has 0 aliphatic carbocycles. The first-order valence-electron chi connectivity index (χ1n) is 8.62. The Hall–Kier alpha value is -3.98. The third kappa shape index (κ3) is 5.30. The summed E-state index contributed by atoms with van der Waals surface area (Å²) in [5.41, 5.74) is 3.36. The highest BCUT2D eigenvalue weighted by Gasteiger charge is 2.19. The van der Waals surface area contributed by atoms with Gasteiger partial charge < -0.3 is 4.74 Å². The largest absolute Gasteiger partial charge is 0.489 e. The Morgan fingerprint density at radius 3 is 2.40 bits per heavy atom. The molecule has 0 aliphatic heterocycles. The fourth-order valence-electron chi connectivity index (χ4n) is 2.48. The summed E-state index contributed by atoms with van der Waals surface area (Å²) in [7, 11) is 0. The number of non-ortho nitro benzene ring substituents is 1. The van der Waals surface area contributed by atoms with Gasteiger partial charge in [0.1, 0.15) is 18.0 Å². The normalized spacial score (nSPS) is 10.7. The summed E-state index contributed by atoms with van der Waals surface area (Å²) >= 11 is 6.10. The molecule has 0 unspecified atom stereocenters.